The van der Waals surface area contributed by atoms with Gasteiger partial charge in [0.25, 0.3) is 0 Å². The van der Waals surface area contributed by atoms with Gasteiger partial charge in [0.2, 0.25) is 11.2 Å². The van der Waals surface area contributed by atoms with Crippen molar-refractivity contribution in [3.8, 4) is 5.75 Å². The van der Waals surface area contributed by atoms with E-state index in [1.807, 2.05) is 12.1 Å². The minimum atomic E-state index is -0.258. The molecular formula is C13H12N2O3. The minimum absolute atomic E-state index is 0.159. The molecular weight excluding hydrogens is 232 g/mol. The topological polar surface area (TPSA) is 77.8 Å². The lowest BCUT2D eigenvalue weighted by molar-refractivity contribution is 0.386. The average molecular weight is 244 g/mol. The Kier molecular flexibility index (Phi) is 3.43. The van der Waals surface area contributed by atoms with Crippen LogP contribution in [0.5, 0.6) is 5.75 Å². The summed E-state index contributed by atoms with van der Waals surface area (Å²) in [6.45, 7) is 0. The number of hydrogen-bond acceptors (Lipinski definition) is 5. The van der Waals surface area contributed by atoms with Gasteiger partial charge in [-0.05, 0) is 12.1 Å². The van der Waals surface area contributed by atoms with Crippen LogP contribution in [-0.2, 0) is 0 Å². The van der Waals surface area contributed by atoms with Gasteiger partial charge >= 0.3 is 0 Å². The second-order valence-corrected chi connectivity index (χ2v) is 3.53. The molecule has 92 valence electrons. The highest BCUT2D eigenvalue weighted by Crippen LogP contribution is 2.20. The Morgan fingerprint density at radius 3 is 2.83 bits per heavy atom. The number of anilines is 1. The van der Waals surface area contributed by atoms with Crippen molar-refractivity contribution in [3.63, 3.8) is 0 Å². The van der Waals surface area contributed by atoms with E-state index in [4.69, 9.17) is 14.9 Å². The third-order valence-corrected chi connectivity index (χ3v) is 2.31. The van der Waals surface area contributed by atoms with Crippen molar-refractivity contribution < 1.29 is 9.15 Å². The zero-order valence-electron chi connectivity index (χ0n) is 9.79. The number of aliphatic imine (C=N–C) groups is 1. The van der Waals surface area contributed by atoms with Crippen molar-refractivity contribution in [2.45, 2.75) is 0 Å². The summed E-state index contributed by atoms with van der Waals surface area (Å²) in [5.41, 5.74) is 6.66. The summed E-state index contributed by atoms with van der Waals surface area (Å²) < 4.78 is 9.99. The third-order valence-electron chi connectivity index (χ3n) is 2.31. The van der Waals surface area contributed by atoms with Gasteiger partial charge in [-0.25, -0.2) is 0 Å². The molecule has 5 nitrogen and oxygen atoms in total. The molecule has 2 rings (SSSR count). The van der Waals surface area contributed by atoms with Crippen molar-refractivity contribution >= 4 is 17.6 Å². The maximum Gasteiger partial charge on any atom is 0.227 e. The number of ether oxygens (including phenoxy) is 1. The van der Waals surface area contributed by atoms with E-state index in [0.717, 1.165) is 0 Å². The monoisotopic (exact) mass is 244 g/mol. The van der Waals surface area contributed by atoms with Crippen LogP contribution >= 0.6 is 0 Å². The van der Waals surface area contributed by atoms with E-state index >= 15 is 0 Å². The zero-order valence-corrected chi connectivity index (χ0v) is 9.79. The first kappa shape index (κ1) is 11.9. The lowest BCUT2D eigenvalue weighted by atomic mass is 10.3. The van der Waals surface area contributed by atoms with Gasteiger partial charge in [0, 0.05) is 6.07 Å². The summed E-state index contributed by atoms with van der Waals surface area (Å²) >= 11 is 0. The Balaban J connectivity index is 2.27. The molecule has 0 fully saturated rings. The second-order valence-electron chi connectivity index (χ2n) is 3.53. The van der Waals surface area contributed by atoms with Crippen LogP contribution in [0.4, 0.5) is 11.4 Å². The van der Waals surface area contributed by atoms with Crippen LogP contribution in [0.15, 0.2) is 50.8 Å². The first-order valence-electron chi connectivity index (χ1n) is 5.26. The van der Waals surface area contributed by atoms with Crippen LogP contribution in [0.1, 0.15) is 5.76 Å². The molecule has 0 aliphatic rings. The lowest BCUT2D eigenvalue weighted by Gasteiger charge is -1.99. The second kappa shape index (κ2) is 5.18. The first-order chi connectivity index (χ1) is 8.70. The number of hydrogen-bond donors (Lipinski definition) is 1. The molecule has 2 aromatic rings. The van der Waals surface area contributed by atoms with Gasteiger partial charge in [0.1, 0.15) is 12.0 Å². The van der Waals surface area contributed by atoms with Crippen molar-refractivity contribution in [3.05, 3.63) is 52.6 Å². The SMILES string of the molecule is COc1coc(C=Nc2ccccc2N)cc1=O. The first-order valence-corrected chi connectivity index (χ1v) is 5.26. The number of benzene rings is 1. The lowest BCUT2D eigenvalue weighted by Crippen LogP contribution is -2.04. The Morgan fingerprint density at radius 1 is 1.39 bits per heavy atom. The molecule has 18 heavy (non-hydrogen) atoms. The highest BCUT2D eigenvalue weighted by Gasteiger charge is 2.01. The fourth-order valence-electron chi connectivity index (χ4n) is 1.37. The normalized spacial score (nSPS) is 10.7. The van der Waals surface area contributed by atoms with E-state index in [1.165, 1.54) is 25.7 Å². The molecule has 2 N–H and O–H groups in total. The van der Waals surface area contributed by atoms with Crippen molar-refractivity contribution in [2.24, 2.45) is 4.99 Å². The molecule has 0 radical (unpaired) electrons. The Hall–Kier alpha value is -2.56. The van der Waals surface area contributed by atoms with Gasteiger partial charge in [-0.3, -0.25) is 9.79 Å². The Labute approximate surface area is 104 Å². The summed E-state index contributed by atoms with van der Waals surface area (Å²) in [7, 11) is 1.41. The Morgan fingerprint density at radius 2 is 2.17 bits per heavy atom. The van der Waals surface area contributed by atoms with Crippen LogP contribution in [0.2, 0.25) is 0 Å². The van der Waals surface area contributed by atoms with Gasteiger partial charge in [-0.1, -0.05) is 12.1 Å². The maximum atomic E-state index is 11.5. The van der Waals surface area contributed by atoms with E-state index in [1.54, 1.807) is 12.1 Å². The van der Waals surface area contributed by atoms with Crippen LogP contribution < -0.4 is 15.9 Å². The summed E-state index contributed by atoms with van der Waals surface area (Å²) in [5, 5.41) is 0. The molecule has 1 aromatic heterocycles. The number of nitrogens with two attached hydrogens (primary N) is 1. The van der Waals surface area contributed by atoms with Crippen LogP contribution in [0.25, 0.3) is 0 Å². The Bertz CT molecular complexity index is 632. The van der Waals surface area contributed by atoms with Crippen molar-refractivity contribution in [1.29, 1.82) is 0 Å². The van der Waals surface area contributed by atoms with Crippen LogP contribution in [-0.4, -0.2) is 13.3 Å². The molecule has 0 spiro atoms. The number of nitrogens with zero attached hydrogens (tertiary/aromatic N) is 1. The molecule has 1 heterocycles. The van der Waals surface area contributed by atoms with Crippen molar-refractivity contribution in [1.82, 2.24) is 0 Å². The zero-order chi connectivity index (χ0) is 13.0. The summed E-state index contributed by atoms with van der Waals surface area (Å²) in [6.07, 6.45) is 2.69. The van der Waals surface area contributed by atoms with E-state index in [2.05, 4.69) is 4.99 Å². The summed E-state index contributed by atoms with van der Waals surface area (Å²) in [5.74, 6) is 0.496. The highest BCUT2D eigenvalue weighted by atomic mass is 16.5. The molecule has 0 bridgehead atoms. The largest absolute Gasteiger partial charge is 0.490 e. The van der Waals surface area contributed by atoms with Crippen LogP contribution in [0, 0.1) is 0 Å². The van der Waals surface area contributed by atoms with Crippen molar-refractivity contribution in [2.75, 3.05) is 12.8 Å². The number of methoxy groups -OCH3 is 1. The summed E-state index contributed by atoms with van der Waals surface area (Å²) in [4.78, 5) is 15.6. The van der Waals surface area contributed by atoms with Gasteiger partial charge in [0.15, 0.2) is 0 Å². The number of rotatable bonds is 3. The predicted octanol–water partition coefficient (Wildman–Crippen LogP) is 1.98. The van der Waals surface area contributed by atoms with E-state index in [-0.39, 0.29) is 11.2 Å². The van der Waals surface area contributed by atoms with E-state index in [9.17, 15) is 4.79 Å². The van der Waals surface area contributed by atoms with Crippen LogP contribution in [0.3, 0.4) is 0 Å². The van der Waals surface area contributed by atoms with Gasteiger partial charge in [-0.2, -0.15) is 0 Å². The quantitative estimate of drug-likeness (QED) is 0.661. The van der Waals surface area contributed by atoms with Gasteiger partial charge in [-0.15, -0.1) is 0 Å². The van der Waals surface area contributed by atoms with E-state index < -0.39 is 0 Å². The minimum Gasteiger partial charge on any atom is -0.490 e. The molecule has 1 aromatic carbocycles. The van der Waals surface area contributed by atoms with Gasteiger partial charge in [0.05, 0.1) is 24.7 Å². The highest BCUT2D eigenvalue weighted by molar-refractivity contribution is 5.80. The smallest absolute Gasteiger partial charge is 0.227 e. The van der Waals surface area contributed by atoms with Gasteiger partial charge < -0.3 is 14.9 Å². The fraction of sp³-hybridized carbons (Fsp3) is 0.0769. The molecule has 0 unspecified atom stereocenters. The molecule has 0 amide bonds. The molecule has 0 atom stereocenters. The predicted molar refractivity (Wildman–Crippen MR) is 69.6 cm³/mol. The molecule has 0 aliphatic heterocycles. The molecule has 0 saturated carbocycles. The van der Waals surface area contributed by atoms with E-state index in [0.29, 0.717) is 17.1 Å². The number of para-hydroxylation sites is 2. The maximum absolute atomic E-state index is 11.5. The third kappa shape index (κ3) is 2.57. The standard InChI is InChI=1S/C13H12N2O3/c1-17-13-8-18-9(6-12(13)16)7-15-11-5-3-2-4-10(11)14/h2-8H,14H2,1H3. The fourth-order valence-corrected chi connectivity index (χ4v) is 1.37. The average Bonchev–Trinajstić information content (AvgIpc) is 2.38. The molecule has 0 saturated heterocycles. The molecule has 0 aliphatic carbocycles. The summed E-state index contributed by atoms with van der Waals surface area (Å²) in [6, 6.07) is 8.47. The molecule has 5 heteroatoms. The number of nitrogen functional groups attached to an aromatic ring is 1.